The predicted molar refractivity (Wildman–Crippen MR) is 78.5 cm³/mol. The maximum atomic E-state index is 11.8. The number of ether oxygens (including phenoxy) is 1. The lowest BCUT2D eigenvalue weighted by atomic mass is 10.1. The minimum absolute atomic E-state index is 0.0877. The van der Waals surface area contributed by atoms with Crippen molar-refractivity contribution in [2.24, 2.45) is 10.9 Å². The number of nitrogens with zero attached hydrogens (tertiary/aromatic N) is 2. The second kappa shape index (κ2) is 7.49. The Bertz CT molecular complexity index is 484. The largest absolute Gasteiger partial charge is 0.412 e. The maximum Gasteiger partial charge on any atom is 0.412 e. The number of oxime groups is 1. The Morgan fingerprint density at radius 2 is 2.05 bits per heavy atom. The van der Waals surface area contributed by atoms with Crippen LogP contribution in [0.4, 0.5) is 4.79 Å². The van der Waals surface area contributed by atoms with E-state index < -0.39 is 6.09 Å². The van der Waals surface area contributed by atoms with Crippen molar-refractivity contribution in [3.8, 4) is 5.75 Å². The van der Waals surface area contributed by atoms with Gasteiger partial charge in [-0.25, -0.2) is 4.79 Å². The van der Waals surface area contributed by atoms with E-state index >= 15 is 0 Å². The predicted octanol–water partition coefficient (Wildman–Crippen LogP) is 0.986. The first kappa shape index (κ1) is 15.1. The van der Waals surface area contributed by atoms with Crippen molar-refractivity contribution in [2.45, 2.75) is 18.9 Å². The molecule has 0 atom stereocenters. The van der Waals surface area contributed by atoms with Crippen LogP contribution in [0, 0.1) is 0 Å². The second-order valence-corrected chi connectivity index (χ2v) is 4.99. The lowest BCUT2D eigenvalue weighted by molar-refractivity contribution is 0.178. The second-order valence-electron chi connectivity index (χ2n) is 4.99. The number of nitrogens with one attached hydrogen (secondary N) is 1. The smallest absolute Gasteiger partial charge is 0.410 e. The van der Waals surface area contributed by atoms with Gasteiger partial charge < -0.3 is 21.0 Å². The van der Waals surface area contributed by atoms with E-state index in [-0.39, 0.29) is 11.9 Å². The third kappa shape index (κ3) is 4.96. The maximum absolute atomic E-state index is 11.8. The number of amidine groups is 1. The fourth-order valence-corrected chi connectivity index (χ4v) is 2.29. The number of benzene rings is 1. The average molecular weight is 292 g/mol. The number of carbonyl (C=O) groups excluding carboxylic acids is 1. The highest BCUT2D eigenvalue weighted by molar-refractivity contribution is 5.81. The van der Waals surface area contributed by atoms with Crippen molar-refractivity contribution in [1.82, 2.24) is 10.2 Å². The van der Waals surface area contributed by atoms with Gasteiger partial charge in [-0.15, -0.1) is 0 Å². The molecule has 0 spiro atoms. The Hall–Kier alpha value is -2.28. The van der Waals surface area contributed by atoms with E-state index in [0.717, 1.165) is 25.9 Å². The Morgan fingerprint density at radius 3 is 2.67 bits per heavy atom. The van der Waals surface area contributed by atoms with Crippen molar-refractivity contribution in [2.75, 3.05) is 19.6 Å². The molecule has 0 saturated carbocycles. The Kier molecular flexibility index (Phi) is 5.39. The van der Waals surface area contributed by atoms with Crippen LogP contribution in [0.1, 0.15) is 12.8 Å². The first-order valence-electron chi connectivity index (χ1n) is 6.89. The normalized spacial score (nSPS) is 17.4. The first-order valence-corrected chi connectivity index (χ1v) is 6.89. The van der Waals surface area contributed by atoms with Crippen LogP contribution in [0.2, 0.25) is 0 Å². The highest BCUT2D eigenvalue weighted by atomic mass is 16.6. The lowest BCUT2D eigenvalue weighted by Crippen LogP contribution is -2.47. The van der Waals surface area contributed by atoms with Crippen LogP contribution in [0.3, 0.4) is 0 Å². The zero-order valence-corrected chi connectivity index (χ0v) is 11.7. The number of piperidine rings is 1. The van der Waals surface area contributed by atoms with Gasteiger partial charge in [0, 0.05) is 19.1 Å². The van der Waals surface area contributed by atoms with E-state index in [1.165, 1.54) is 0 Å². The summed E-state index contributed by atoms with van der Waals surface area (Å²) in [6.07, 6.45) is 1.18. The van der Waals surface area contributed by atoms with Gasteiger partial charge in [-0.2, -0.15) is 0 Å². The van der Waals surface area contributed by atoms with E-state index in [9.17, 15) is 4.79 Å². The monoisotopic (exact) mass is 292 g/mol. The fourth-order valence-electron chi connectivity index (χ4n) is 2.29. The number of amides is 1. The minimum atomic E-state index is -0.434. The highest BCUT2D eigenvalue weighted by Gasteiger charge is 2.21. The van der Waals surface area contributed by atoms with E-state index in [1.807, 2.05) is 18.2 Å². The number of carbonyl (C=O) groups is 1. The zero-order chi connectivity index (χ0) is 15.1. The van der Waals surface area contributed by atoms with Gasteiger partial charge in [0.05, 0.1) is 6.54 Å². The van der Waals surface area contributed by atoms with Gasteiger partial charge in [0.1, 0.15) is 5.75 Å². The molecule has 0 bridgehead atoms. The molecule has 1 aliphatic rings. The van der Waals surface area contributed by atoms with E-state index in [2.05, 4.69) is 15.4 Å². The molecule has 4 N–H and O–H groups in total. The lowest BCUT2D eigenvalue weighted by Gasteiger charge is -2.31. The molecular weight excluding hydrogens is 272 g/mol. The molecule has 1 saturated heterocycles. The van der Waals surface area contributed by atoms with Crippen molar-refractivity contribution in [3.05, 3.63) is 30.3 Å². The molecule has 114 valence electrons. The Labute approximate surface area is 123 Å². The van der Waals surface area contributed by atoms with E-state index in [0.29, 0.717) is 12.3 Å². The molecule has 0 radical (unpaired) electrons. The number of para-hydroxylation sites is 1. The molecule has 0 aliphatic carbocycles. The van der Waals surface area contributed by atoms with Gasteiger partial charge in [0.15, 0.2) is 5.84 Å². The molecular formula is C14H20N4O3. The summed E-state index contributed by atoms with van der Waals surface area (Å²) in [5.41, 5.74) is 5.47. The van der Waals surface area contributed by atoms with Crippen LogP contribution in [0.5, 0.6) is 5.75 Å². The van der Waals surface area contributed by atoms with Gasteiger partial charge in [0.25, 0.3) is 0 Å². The van der Waals surface area contributed by atoms with Crippen LogP contribution >= 0.6 is 0 Å². The molecule has 7 nitrogen and oxygen atoms in total. The first-order chi connectivity index (χ1) is 10.2. The molecule has 0 unspecified atom stereocenters. The van der Waals surface area contributed by atoms with Crippen molar-refractivity contribution in [3.63, 3.8) is 0 Å². The topological polar surface area (TPSA) is 100 Å². The summed E-state index contributed by atoms with van der Waals surface area (Å²) in [5.74, 6) is 0.726. The third-order valence-electron chi connectivity index (χ3n) is 3.38. The summed E-state index contributed by atoms with van der Waals surface area (Å²) in [5, 5.41) is 14.4. The molecule has 1 amide bonds. The van der Waals surface area contributed by atoms with Crippen LogP contribution in [0.25, 0.3) is 0 Å². The summed E-state index contributed by atoms with van der Waals surface area (Å²) in [6, 6.07) is 9.05. The minimum Gasteiger partial charge on any atom is -0.410 e. The van der Waals surface area contributed by atoms with E-state index in [1.54, 1.807) is 12.1 Å². The number of hydrogen-bond donors (Lipinski definition) is 3. The van der Waals surface area contributed by atoms with Gasteiger partial charge in [-0.1, -0.05) is 23.4 Å². The molecule has 1 heterocycles. The molecule has 0 aromatic heterocycles. The van der Waals surface area contributed by atoms with Gasteiger partial charge in [-0.05, 0) is 25.0 Å². The van der Waals surface area contributed by atoms with Crippen LogP contribution < -0.4 is 15.8 Å². The Morgan fingerprint density at radius 1 is 1.38 bits per heavy atom. The number of hydrogen-bond acceptors (Lipinski definition) is 5. The average Bonchev–Trinajstić information content (AvgIpc) is 2.50. The summed E-state index contributed by atoms with van der Waals surface area (Å²) in [4.78, 5) is 13.8. The van der Waals surface area contributed by atoms with Gasteiger partial charge in [0.2, 0.25) is 0 Å². The van der Waals surface area contributed by atoms with E-state index in [4.69, 9.17) is 15.7 Å². The molecule has 21 heavy (non-hydrogen) atoms. The van der Waals surface area contributed by atoms with Gasteiger partial charge in [-0.3, -0.25) is 4.90 Å². The van der Waals surface area contributed by atoms with Crippen LogP contribution in [0.15, 0.2) is 35.5 Å². The molecule has 1 aromatic rings. The molecule has 1 fully saturated rings. The van der Waals surface area contributed by atoms with Crippen LogP contribution in [-0.4, -0.2) is 47.7 Å². The van der Waals surface area contributed by atoms with Crippen molar-refractivity contribution in [1.29, 1.82) is 0 Å². The highest BCUT2D eigenvalue weighted by Crippen LogP contribution is 2.12. The molecule has 1 aliphatic heterocycles. The van der Waals surface area contributed by atoms with Crippen molar-refractivity contribution < 1.29 is 14.7 Å². The van der Waals surface area contributed by atoms with Gasteiger partial charge >= 0.3 is 6.09 Å². The zero-order valence-electron chi connectivity index (χ0n) is 11.7. The molecule has 2 rings (SSSR count). The summed E-state index contributed by atoms with van der Waals surface area (Å²) in [6.45, 7) is 2.01. The quantitative estimate of drug-likeness (QED) is 0.332. The molecule has 1 aromatic carbocycles. The van der Waals surface area contributed by atoms with Crippen molar-refractivity contribution >= 4 is 11.9 Å². The summed E-state index contributed by atoms with van der Waals surface area (Å²) < 4.78 is 5.19. The SMILES string of the molecule is NC(CN1CCC(NC(=O)Oc2ccccc2)CC1)=NO. The van der Waals surface area contributed by atoms with Crippen LogP contribution in [-0.2, 0) is 0 Å². The number of nitrogens with two attached hydrogens (primary N) is 1. The molecule has 7 heteroatoms. The standard InChI is InChI=1S/C14H20N4O3/c15-13(17-20)10-18-8-6-11(7-9-18)16-14(19)21-12-4-2-1-3-5-12/h1-5,11,20H,6-10H2,(H2,15,17)(H,16,19). The number of rotatable bonds is 4. The third-order valence-corrected chi connectivity index (χ3v) is 3.38. The Balaban J connectivity index is 1.72. The number of likely N-dealkylation sites (tertiary alicyclic amines) is 1. The fraction of sp³-hybridized carbons (Fsp3) is 0.429. The summed E-state index contributed by atoms with van der Waals surface area (Å²) >= 11 is 0. The summed E-state index contributed by atoms with van der Waals surface area (Å²) in [7, 11) is 0.